The van der Waals surface area contributed by atoms with E-state index in [-0.39, 0.29) is 22.0 Å². The van der Waals surface area contributed by atoms with Gasteiger partial charge in [0.1, 0.15) is 0 Å². The minimum Gasteiger partial charge on any atom is -0.320 e. The van der Waals surface area contributed by atoms with E-state index in [9.17, 15) is 13.2 Å². The summed E-state index contributed by atoms with van der Waals surface area (Å²) < 4.78 is 28.0. The lowest BCUT2D eigenvalue weighted by Gasteiger charge is -2.23. The van der Waals surface area contributed by atoms with Gasteiger partial charge in [0, 0.05) is 0 Å². The van der Waals surface area contributed by atoms with E-state index in [1.807, 2.05) is 19.9 Å². The smallest absolute Gasteiger partial charge is 0.264 e. The molecule has 32 heavy (non-hydrogen) atoms. The van der Waals surface area contributed by atoms with Gasteiger partial charge in [-0.1, -0.05) is 53.5 Å². The molecule has 0 aliphatic rings. The predicted octanol–water partition coefficient (Wildman–Crippen LogP) is 6.24. The van der Waals surface area contributed by atoms with Crippen molar-refractivity contribution in [3.63, 3.8) is 0 Å². The normalized spacial score (nSPS) is 11.1. The molecule has 5 nitrogen and oxygen atoms in total. The lowest BCUT2D eigenvalue weighted by atomic mass is 10.1. The zero-order chi connectivity index (χ0) is 23.5. The van der Waals surface area contributed by atoms with Crippen LogP contribution in [0.4, 0.5) is 11.4 Å². The van der Waals surface area contributed by atoms with Crippen LogP contribution in [-0.2, 0) is 10.0 Å². The summed E-state index contributed by atoms with van der Waals surface area (Å²) in [4.78, 5) is 12.9. The molecule has 0 saturated heterocycles. The number of nitrogens with one attached hydrogen (secondary N) is 1. The van der Waals surface area contributed by atoms with E-state index >= 15 is 0 Å². The van der Waals surface area contributed by atoms with Crippen molar-refractivity contribution in [1.82, 2.24) is 0 Å². The molecule has 8 heteroatoms. The molecule has 0 radical (unpaired) electrons. The Morgan fingerprint density at radius 2 is 1.72 bits per heavy atom. The molecule has 0 atom stereocenters. The van der Waals surface area contributed by atoms with Gasteiger partial charge in [-0.2, -0.15) is 0 Å². The monoisotopic (exact) mass is 488 g/mol. The minimum atomic E-state index is -3.99. The van der Waals surface area contributed by atoms with Gasteiger partial charge < -0.3 is 5.32 Å². The fourth-order valence-corrected chi connectivity index (χ4v) is 5.31. The number of para-hydroxylation sites is 1. The second-order valence-electron chi connectivity index (χ2n) is 7.19. The molecule has 0 aromatic heterocycles. The molecule has 0 bridgehead atoms. The Morgan fingerprint density at radius 1 is 1.03 bits per heavy atom. The Bertz CT molecular complexity index is 1250. The van der Waals surface area contributed by atoms with Gasteiger partial charge in [0.2, 0.25) is 0 Å². The average molecular weight is 489 g/mol. The van der Waals surface area contributed by atoms with Crippen molar-refractivity contribution in [3.05, 3.63) is 100 Å². The van der Waals surface area contributed by atoms with Gasteiger partial charge in [-0.05, 0) is 61.4 Å². The third-order valence-corrected chi connectivity index (χ3v) is 7.20. The number of anilines is 2. The highest BCUT2D eigenvalue weighted by Crippen LogP contribution is 2.30. The molecule has 3 rings (SSSR count). The van der Waals surface area contributed by atoms with Crippen LogP contribution in [0, 0.1) is 13.8 Å². The molecule has 1 N–H and O–H groups in total. The molecule has 0 aliphatic carbocycles. The summed E-state index contributed by atoms with van der Waals surface area (Å²) in [5.41, 5.74) is 2.69. The molecule has 0 saturated carbocycles. The number of aryl methyl sites for hydroxylation is 2. The van der Waals surface area contributed by atoms with Crippen LogP contribution in [0.15, 0.2) is 78.2 Å². The van der Waals surface area contributed by atoms with Crippen LogP contribution in [0.25, 0.3) is 0 Å². The zero-order valence-corrected chi connectivity index (χ0v) is 19.9. The fraction of sp³-hybridized carbons (Fsp3) is 0.125. The molecule has 0 spiro atoms. The maximum atomic E-state index is 13.4. The van der Waals surface area contributed by atoms with E-state index in [1.54, 1.807) is 36.4 Å². The molecular formula is C24H22Cl2N2O3S. The minimum absolute atomic E-state index is 0.0235. The molecule has 0 unspecified atom stereocenters. The number of halogens is 2. The largest absolute Gasteiger partial charge is 0.320 e. The van der Waals surface area contributed by atoms with Gasteiger partial charge in [-0.25, -0.2) is 8.42 Å². The van der Waals surface area contributed by atoms with Crippen LogP contribution in [0.3, 0.4) is 0 Å². The summed E-state index contributed by atoms with van der Waals surface area (Å²) in [6.45, 7) is 7.45. The fourth-order valence-electron chi connectivity index (χ4n) is 3.27. The van der Waals surface area contributed by atoms with E-state index in [0.717, 1.165) is 11.1 Å². The Labute approximate surface area is 198 Å². The number of nitrogens with zero attached hydrogens (tertiary/aromatic N) is 1. The number of rotatable bonds is 7. The first-order chi connectivity index (χ1) is 15.1. The number of carbonyl (C=O) groups excluding carboxylic acids is 1. The third-order valence-electron chi connectivity index (χ3n) is 4.78. The van der Waals surface area contributed by atoms with Crippen LogP contribution in [-0.4, -0.2) is 20.9 Å². The summed E-state index contributed by atoms with van der Waals surface area (Å²) in [5.74, 6) is -0.559. The number of carbonyl (C=O) groups is 1. The lowest BCUT2D eigenvalue weighted by Crippen LogP contribution is -2.31. The third kappa shape index (κ3) is 4.99. The van der Waals surface area contributed by atoms with Gasteiger partial charge in [0.05, 0.1) is 38.4 Å². The highest BCUT2D eigenvalue weighted by atomic mass is 35.5. The Balaban J connectivity index is 2.01. The molecular weight excluding hydrogens is 467 g/mol. The van der Waals surface area contributed by atoms with E-state index in [0.29, 0.717) is 16.4 Å². The Morgan fingerprint density at radius 3 is 2.34 bits per heavy atom. The van der Waals surface area contributed by atoms with Crippen molar-refractivity contribution in [2.24, 2.45) is 0 Å². The topological polar surface area (TPSA) is 66.5 Å². The molecule has 0 heterocycles. The van der Waals surface area contributed by atoms with Crippen molar-refractivity contribution < 1.29 is 13.2 Å². The van der Waals surface area contributed by atoms with Crippen molar-refractivity contribution in [2.75, 3.05) is 16.2 Å². The summed E-state index contributed by atoms with van der Waals surface area (Å²) >= 11 is 12.5. The van der Waals surface area contributed by atoms with E-state index in [4.69, 9.17) is 23.2 Å². The summed E-state index contributed by atoms with van der Waals surface area (Å²) in [6.07, 6.45) is 1.50. The summed E-state index contributed by atoms with van der Waals surface area (Å²) in [5, 5.41) is 3.26. The number of benzene rings is 3. The first kappa shape index (κ1) is 23.9. The Kier molecular flexibility index (Phi) is 7.29. The highest BCUT2D eigenvalue weighted by Gasteiger charge is 2.26. The maximum Gasteiger partial charge on any atom is 0.264 e. The standard InChI is InChI=1S/C24H22Cl2N2O3S/c1-4-12-28(18-8-6-5-7-9-18)32(30,31)19-10-11-21(25)20(15-19)24(29)27-23-17(3)13-16(2)14-22(23)26/h4-11,13-15H,1,12H2,2-3H3,(H,27,29). The number of hydrogen-bond acceptors (Lipinski definition) is 3. The quantitative estimate of drug-likeness (QED) is 0.400. The highest BCUT2D eigenvalue weighted by molar-refractivity contribution is 7.92. The van der Waals surface area contributed by atoms with Gasteiger partial charge in [0.25, 0.3) is 15.9 Å². The number of sulfonamides is 1. The second-order valence-corrected chi connectivity index (χ2v) is 9.87. The first-order valence-electron chi connectivity index (χ1n) is 9.71. The van der Waals surface area contributed by atoms with Crippen LogP contribution in [0.5, 0.6) is 0 Å². The molecule has 3 aromatic carbocycles. The second kappa shape index (κ2) is 9.77. The molecule has 0 aliphatic heterocycles. The van der Waals surface area contributed by atoms with Crippen LogP contribution < -0.4 is 9.62 Å². The van der Waals surface area contributed by atoms with E-state index < -0.39 is 15.9 Å². The van der Waals surface area contributed by atoms with Crippen molar-refractivity contribution in [2.45, 2.75) is 18.7 Å². The van der Waals surface area contributed by atoms with Crippen molar-refractivity contribution in [1.29, 1.82) is 0 Å². The SMILES string of the molecule is C=CCN(c1ccccc1)S(=O)(=O)c1ccc(Cl)c(C(=O)Nc2c(C)cc(C)cc2Cl)c1. The van der Waals surface area contributed by atoms with Crippen molar-refractivity contribution >= 4 is 50.5 Å². The van der Waals surface area contributed by atoms with Crippen molar-refractivity contribution in [3.8, 4) is 0 Å². The predicted molar refractivity (Wildman–Crippen MR) is 132 cm³/mol. The molecule has 1 amide bonds. The van der Waals surface area contributed by atoms with Gasteiger partial charge in [0.15, 0.2) is 0 Å². The van der Waals surface area contributed by atoms with Crippen LogP contribution in [0.1, 0.15) is 21.5 Å². The molecule has 0 fully saturated rings. The summed E-state index contributed by atoms with van der Waals surface area (Å²) in [7, 11) is -3.99. The van der Waals surface area contributed by atoms with Crippen LogP contribution >= 0.6 is 23.2 Å². The van der Waals surface area contributed by atoms with Gasteiger partial charge in [-0.3, -0.25) is 9.10 Å². The molecule has 3 aromatic rings. The van der Waals surface area contributed by atoms with Gasteiger partial charge in [-0.15, -0.1) is 6.58 Å². The van der Waals surface area contributed by atoms with Gasteiger partial charge >= 0.3 is 0 Å². The molecule has 166 valence electrons. The van der Waals surface area contributed by atoms with E-state index in [2.05, 4.69) is 11.9 Å². The number of amides is 1. The summed E-state index contributed by atoms with van der Waals surface area (Å²) in [6, 6.07) is 16.3. The zero-order valence-electron chi connectivity index (χ0n) is 17.6. The Hall–Kier alpha value is -2.80. The van der Waals surface area contributed by atoms with Crippen LogP contribution in [0.2, 0.25) is 10.0 Å². The lowest BCUT2D eigenvalue weighted by molar-refractivity contribution is 0.102. The van der Waals surface area contributed by atoms with E-state index in [1.165, 1.54) is 28.6 Å². The number of hydrogen-bond donors (Lipinski definition) is 1. The first-order valence-corrected chi connectivity index (χ1v) is 11.9. The maximum absolute atomic E-state index is 13.4. The average Bonchev–Trinajstić information content (AvgIpc) is 2.75.